The molecule has 117 heavy (non-hydrogen) atoms. The molecule has 0 amide bonds. The van der Waals surface area contributed by atoms with E-state index in [9.17, 15) is 0 Å². The zero-order chi connectivity index (χ0) is 82.1. The minimum atomic E-state index is -3.31. The summed E-state index contributed by atoms with van der Waals surface area (Å²) in [5.74, 6) is 3.04. The third kappa shape index (κ3) is 21.9. The van der Waals surface area contributed by atoms with E-state index in [1.54, 1.807) is 0 Å². The van der Waals surface area contributed by atoms with E-state index < -0.39 is 34.0 Å². The summed E-state index contributed by atoms with van der Waals surface area (Å²) in [7, 11) is -13.2. The van der Waals surface area contributed by atoms with Gasteiger partial charge in [0.25, 0.3) is 0 Å². The second kappa shape index (κ2) is 41.8. The molecule has 0 unspecified atom stereocenters. The Bertz CT molecular complexity index is 4520. The van der Waals surface area contributed by atoms with Crippen LogP contribution in [0.15, 0.2) is 291 Å². The largest absolute Gasteiger partial charge is 0.493 e. The second-order valence-electron chi connectivity index (χ2n) is 30.8. The molecule has 0 aliphatic heterocycles. The molecule has 0 heterocycles. The topological polar surface area (TPSA) is 142 Å². The molecule has 0 spiro atoms. The van der Waals surface area contributed by atoms with Gasteiger partial charge in [-0.25, -0.2) is 0 Å². The number of hydrogen-bond acceptors (Lipinski definition) is 12. The Labute approximate surface area is 694 Å². The fourth-order valence-electron chi connectivity index (χ4n) is 15.9. The number of rotatable bonds is 44. The lowest BCUT2D eigenvalue weighted by Gasteiger charge is -2.38. The van der Waals surface area contributed by atoms with Gasteiger partial charge in [0, 0.05) is 42.4 Å². The van der Waals surface area contributed by atoms with E-state index in [1.165, 1.54) is 0 Å². The molecule has 0 aliphatic carbocycles. The molecule has 608 valence electrons. The van der Waals surface area contributed by atoms with Crippen molar-refractivity contribution in [2.75, 3.05) is 51.8 Å². The van der Waals surface area contributed by atoms with Crippen molar-refractivity contribution in [1.29, 1.82) is 0 Å². The lowest BCUT2D eigenvalue weighted by molar-refractivity contribution is 0.162. The lowest BCUT2D eigenvalue weighted by Crippen LogP contribution is -2.34. The van der Waals surface area contributed by atoms with Gasteiger partial charge in [0.15, 0.2) is 28.6 Å². The summed E-state index contributed by atoms with van der Waals surface area (Å²) >= 11 is 0. The van der Waals surface area contributed by atoms with E-state index in [2.05, 4.69) is 104 Å². The highest BCUT2D eigenvalue weighted by atomic mass is 31.2. The summed E-state index contributed by atoms with van der Waals surface area (Å²) in [6.45, 7) is 19.3. The fourth-order valence-corrected chi connectivity index (χ4v) is 24.9. The molecule has 12 aromatic carbocycles. The van der Waals surface area contributed by atoms with Gasteiger partial charge >= 0.3 is 0 Å². The smallest absolute Gasteiger partial charge is 0.167 e. The Morgan fingerprint density at radius 1 is 0.239 bits per heavy atom. The summed E-state index contributed by atoms with van der Waals surface area (Å²) in [5, 5.41) is 5.73. The third-order valence-corrected chi connectivity index (χ3v) is 32.5. The average Bonchev–Trinajstić information content (AvgIpc) is 0.726. The summed E-state index contributed by atoms with van der Waals surface area (Å²) < 4.78 is 119. The van der Waals surface area contributed by atoms with Gasteiger partial charge in [-0.2, -0.15) is 0 Å². The number of aryl methyl sites for hydroxylation is 4. The highest BCUT2D eigenvalue weighted by Crippen LogP contribution is 2.50. The zero-order valence-corrected chi connectivity index (χ0v) is 72.6. The van der Waals surface area contributed by atoms with Crippen LogP contribution < -0.4 is 61.4 Å². The Balaban J connectivity index is 1.06. The van der Waals surface area contributed by atoms with E-state index in [0.29, 0.717) is 94.5 Å². The van der Waals surface area contributed by atoms with E-state index >= 15 is 18.3 Å². The maximum Gasteiger partial charge on any atom is 0.167 e. The standard InChI is InChI=1S/C101H112O12P4/c1-9-53-110-97-77(5)57-81(69-106-73-114(102,89-37-21-13-22-38-89)90-39-23-14-24-40-90)61-85(97)65-101(66-86-62-82(58-78(6)98(86)111-54-10-2)70-107-74-115(103,91-41-25-15-26-42-91)92-43-27-16-28-44-92,67-87-63-83(59-79(7)99(87)112-55-11-3)71-108-75-116(104,93-45-29-17-30-46-93)94-47-31-18-32-48-94)68-88-64-84(60-80(8)100(88)113-56-12-4)72-109-76-117(105,95-49-33-19-34-50-95)96-51-35-20-36-52-96/h13-52,57-64H,9-12,53-56,65-76H2,1-8H3. The Morgan fingerprint density at radius 3 is 0.556 bits per heavy atom. The summed E-state index contributed by atoms with van der Waals surface area (Å²) in [6.07, 6.45) is 4.44. The van der Waals surface area contributed by atoms with Crippen molar-refractivity contribution in [2.45, 2.75) is 133 Å². The van der Waals surface area contributed by atoms with Crippen LogP contribution in [0, 0.1) is 33.1 Å². The predicted molar refractivity (Wildman–Crippen MR) is 483 cm³/mol. The molecule has 0 aromatic heterocycles. The van der Waals surface area contributed by atoms with Crippen LogP contribution in [0.2, 0.25) is 0 Å². The quantitative estimate of drug-likeness (QED) is 0.0336. The summed E-state index contributed by atoms with van der Waals surface area (Å²) in [6, 6.07) is 94.6. The lowest BCUT2D eigenvalue weighted by atomic mass is 9.67. The van der Waals surface area contributed by atoms with E-state index in [1.807, 2.05) is 243 Å². The monoisotopic (exact) mass is 1640 g/mol. The maximum atomic E-state index is 15.7. The molecule has 0 N–H and O–H groups in total. The van der Waals surface area contributed by atoms with Gasteiger partial charge in [-0.3, -0.25) is 0 Å². The molecule has 12 rings (SSSR count). The summed E-state index contributed by atoms with van der Waals surface area (Å²) in [5.41, 5.74) is 10.1. The van der Waals surface area contributed by atoms with E-state index in [0.717, 1.165) is 115 Å². The van der Waals surface area contributed by atoms with Crippen molar-refractivity contribution in [3.63, 3.8) is 0 Å². The van der Waals surface area contributed by atoms with Crippen molar-refractivity contribution < 1.29 is 56.2 Å². The van der Waals surface area contributed by atoms with Gasteiger partial charge in [0.1, 0.15) is 48.4 Å². The van der Waals surface area contributed by atoms with Crippen molar-refractivity contribution in [2.24, 2.45) is 5.41 Å². The van der Waals surface area contributed by atoms with E-state index in [4.69, 9.17) is 37.9 Å². The molecular formula is C101H112O12P4. The predicted octanol–water partition coefficient (Wildman–Crippen LogP) is 21.3. The van der Waals surface area contributed by atoms with Crippen molar-refractivity contribution >= 4 is 71.0 Å². The van der Waals surface area contributed by atoms with Gasteiger partial charge < -0.3 is 56.2 Å². The molecule has 0 radical (unpaired) electrons. The molecule has 0 aliphatic rings. The van der Waals surface area contributed by atoms with Gasteiger partial charge in [-0.1, -0.05) is 295 Å². The van der Waals surface area contributed by atoms with Crippen LogP contribution in [-0.4, -0.2) is 51.8 Å². The first-order chi connectivity index (χ1) is 56.9. The first kappa shape index (κ1) is 86.9. The molecule has 0 fully saturated rings. The molecule has 12 aromatic rings. The average molecular weight is 1640 g/mol. The number of hydrogen-bond donors (Lipinski definition) is 0. The molecule has 16 heteroatoms. The SMILES string of the molecule is CCCOc1c(C)cc(COCP(=O)(c2ccccc2)c2ccccc2)cc1CC(Cc1cc(COCP(=O)(c2ccccc2)c2ccccc2)cc(C)c1OCCC)(Cc1cc(COCP(=O)(c2ccccc2)c2ccccc2)cc(C)c1OCCC)Cc1cc(COCP(=O)(c2ccccc2)c2ccccc2)cc(C)c1OCCC. The van der Waals surface area contributed by atoms with Gasteiger partial charge in [-0.15, -0.1) is 0 Å². The van der Waals surface area contributed by atoms with Crippen LogP contribution in [0.5, 0.6) is 23.0 Å². The van der Waals surface area contributed by atoms with Crippen molar-refractivity contribution in [1.82, 2.24) is 0 Å². The van der Waals surface area contributed by atoms with Gasteiger partial charge in [-0.05, 0) is 176 Å². The van der Waals surface area contributed by atoms with Crippen molar-refractivity contribution in [3.8, 4) is 23.0 Å². The molecule has 0 saturated carbocycles. The molecular weight excluding hydrogens is 1530 g/mol. The number of benzene rings is 12. The van der Waals surface area contributed by atoms with Crippen molar-refractivity contribution in [3.05, 3.63) is 358 Å². The summed E-state index contributed by atoms with van der Waals surface area (Å²) in [4.78, 5) is 0. The maximum absolute atomic E-state index is 15.7. The first-order valence-electron chi connectivity index (χ1n) is 41.0. The fraction of sp³-hybridized carbons (Fsp3) is 0.287. The molecule has 0 atom stereocenters. The van der Waals surface area contributed by atoms with Gasteiger partial charge in [0.05, 0.1) is 52.9 Å². The van der Waals surface area contributed by atoms with Crippen LogP contribution in [0.3, 0.4) is 0 Å². The van der Waals surface area contributed by atoms with Crippen LogP contribution >= 0.6 is 28.6 Å². The second-order valence-corrected chi connectivity index (χ2v) is 41.8. The minimum absolute atomic E-state index is 0.0323. The normalized spacial score (nSPS) is 12.0. The van der Waals surface area contributed by atoms with Crippen LogP contribution in [-0.2, 0) is 89.3 Å². The highest BCUT2D eigenvalue weighted by molar-refractivity contribution is 7.79. The van der Waals surface area contributed by atoms with E-state index in [-0.39, 0.29) is 51.8 Å². The Morgan fingerprint density at radius 2 is 0.402 bits per heavy atom. The first-order valence-corrected chi connectivity index (χ1v) is 48.6. The highest BCUT2D eigenvalue weighted by Gasteiger charge is 2.39. The Kier molecular flexibility index (Phi) is 31.1. The molecule has 0 saturated heterocycles. The zero-order valence-electron chi connectivity index (χ0n) is 69.0. The Hall–Kier alpha value is -9.40. The van der Waals surface area contributed by atoms with Crippen LogP contribution in [0.1, 0.15) is 120 Å². The molecule has 0 bridgehead atoms. The van der Waals surface area contributed by atoms with Crippen LogP contribution in [0.4, 0.5) is 0 Å². The minimum Gasteiger partial charge on any atom is -0.493 e. The van der Waals surface area contributed by atoms with Crippen LogP contribution in [0.25, 0.3) is 0 Å². The van der Waals surface area contributed by atoms with Gasteiger partial charge in [0.2, 0.25) is 0 Å². The third-order valence-electron chi connectivity index (χ3n) is 21.3. The molecule has 12 nitrogen and oxygen atoms in total. The number of ether oxygens (including phenoxy) is 8.